The molecule has 2 rings (SSSR count). The summed E-state index contributed by atoms with van der Waals surface area (Å²) in [4.78, 5) is 16.2. The van der Waals surface area contributed by atoms with Crippen LogP contribution in [0.25, 0.3) is 6.08 Å². The van der Waals surface area contributed by atoms with E-state index >= 15 is 0 Å². The molecular weight excluding hydrogens is 222 g/mol. The molecule has 0 unspecified atom stereocenters. The van der Waals surface area contributed by atoms with E-state index in [0.717, 1.165) is 15.6 Å². The summed E-state index contributed by atoms with van der Waals surface area (Å²) >= 11 is 1.62. The average Bonchev–Trinajstić information content (AvgIpc) is 2.95. The molecule has 1 fully saturated rings. The summed E-state index contributed by atoms with van der Waals surface area (Å²) < 4.78 is 0. The number of thiazole rings is 1. The van der Waals surface area contributed by atoms with Gasteiger partial charge in [0.15, 0.2) is 0 Å². The van der Waals surface area contributed by atoms with Gasteiger partial charge < -0.3 is 5.11 Å². The summed E-state index contributed by atoms with van der Waals surface area (Å²) in [5, 5.41) is 9.74. The first-order chi connectivity index (χ1) is 7.58. The van der Waals surface area contributed by atoms with Crippen molar-refractivity contribution in [3.8, 4) is 0 Å². The van der Waals surface area contributed by atoms with Gasteiger partial charge in [0.1, 0.15) is 0 Å². The van der Waals surface area contributed by atoms with E-state index in [1.807, 2.05) is 0 Å². The molecule has 3 nitrogen and oxygen atoms in total. The Morgan fingerprint density at radius 1 is 1.56 bits per heavy atom. The van der Waals surface area contributed by atoms with Crippen molar-refractivity contribution in [2.24, 2.45) is 0 Å². The number of carboxylic acids is 1. The van der Waals surface area contributed by atoms with Gasteiger partial charge in [0.05, 0.1) is 15.6 Å². The van der Waals surface area contributed by atoms with Gasteiger partial charge in [-0.25, -0.2) is 9.78 Å². The van der Waals surface area contributed by atoms with Gasteiger partial charge in [-0.1, -0.05) is 13.8 Å². The Bertz CT molecular complexity index is 430. The first-order valence-corrected chi connectivity index (χ1v) is 6.31. The Kier molecular flexibility index (Phi) is 3.10. The van der Waals surface area contributed by atoms with Crippen molar-refractivity contribution in [2.75, 3.05) is 0 Å². The summed E-state index contributed by atoms with van der Waals surface area (Å²) in [5.74, 6) is 0.0768. The maximum atomic E-state index is 10.5. The Morgan fingerprint density at radius 2 is 2.25 bits per heavy atom. The second-order valence-electron chi connectivity index (χ2n) is 4.40. The van der Waals surface area contributed by atoms with Crippen LogP contribution in [-0.2, 0) is 4.79 Å². The Morgan fingerprint density at radius 3 is 2.75 bits per heavy atom. The highest BCUT2D eigenvalue weighted by Gasteiger charge is 2.29. The van der Waals surface area contributed by atoms with E-state index < -0.39 is 5.97 Å². The molecule has 1 aromatic rings. The minimum Gasteiger partial charge on any atom is -0.478 e. The second-order valence-corrected chi connectivity index (χ2v) is 5.46. The van der Waals surface area contributed by atoms with Gasteiger partial charge in [-0.3, -0.25) is 0 Å². The van der Waals surface area contributed by atoms with Crippen LogP contribution in [0, 0.1) is 0 Å². The van der Waals surface area contributed by atoms with Crippen LogP contribution in [0.2, 0.25) is 0 Å². The predicted octanol–water partition coefficient (Wildman–Crippen LogP) is 3.24. The lowest BCUT2D eigenvalue weighted by atomic mass is 10.2. The highest BCUT2D eigenvalue weighted by Crippen LogP contribution is 2.43. The Hall–Kier alpha value is -1.16. The third-order valence-corrected chi connectivity index (χ3v) is 3.87. The van der Waals surface area contributed by atoms with E-state index in [1.54, 1.807) is 17.4 Å². The summed E-state index contributed by atoms with van der Waals surface area (Å²) in [5.41, 5.74) is 1.10. The minimum absolute atomic E-state index is 0.412. The third-order valence-electron chi connectivity index (χ3n) is 2.53. The summed E-state index contributed by atoms with van der Waals surface area (Å²) in [7, 11) is 0. The SMILES string of the molecule is CC(C)c1nc(C2CC2)c(/C=C/C(=O)O)s1. The average molecular weight is 237 g/mol. The summed E-state index contributed by atoms with van der Waals surface area (Å²) in [6, 6.07) is 0. The molecule has 0 spiro atoms. The van der Waals surface area contributed by atoms with Gasteiger partial charge in [0.25, 0.3) is 0 Å². The van der Waals surface area contributed by atoms with Crippen LogP contribution in [0.1, 0.15) is 54.1 Å². The molecule has 1 aliphatic carbocycles. The lowest BCUT2D eigenvalue weighted by Crippen LogP contribution is -1.88. The van der Waals surface area contributed by atoms with E-state index in [4.69, 9.17) is 5.11 Å². The van der Waals surface area contributed by atoms with Crippen LogP contribution in [-0.4, -0.2) is 16.1 Å². The van der Waals surface area contributed by atoms with Gasteiger partial charge in [-0.2, -0.15) is 0 Å². The molecule has 0 amide bonds. The van der Waals surface area contributed by atoms with Gasteiger partial charge in [0, 0.05) is 17.9 Å². The molecule has 1 aromatic heterocycles. The maximum Gasteiger partial charge on any atom is 0.328 e. The number of nitrogens with zero attached hydrogens (tertiary/aromatic N) is 1. The van der Waals surface area contributed by atoms with Crippen molar-refractivity contribution in [3.05, 3.63) is 21.7 Å². The van der Waals surface area contributed by atoms with Crippen molar-refractivity contribution in [2.45, 2.75) is 38.5 Å². The van der Waals surface area contributed by atoms with Crippen LogP contribution in [0.5, 0.6) is 0 Å². The van der Waals surface area contributed by atoms with Crippen molar-refractivity contribution in [3.63, 3.8) is 0 Å². The first kappa shape index (κ1) is 11.3. The molecule has 0 atom stereocenters. The summed E-state index contributed by atoms with van der Waals surface area (Å²) in [6.07, 6.45) is 5.26. The zero-order valence-corrected chi connectivity index (χ0v) is 10.3. The normalized spacial score (nSPS) is 16.2. The second kappa shape index (κ2) is 4.37. The van der Waals surface area contributed by atoms with E-state index in [9.17, 15) is 4.79 Å². The number of carboxylic acid groups (broad SMARTS) is 1. The highest BCUT2D eigenvalue weighted by molar-refractivity contribution is 7.12. The van der Waals surface area contributed by atoms with Gasteiger partial charge in [0.2, 0.25) is 0 Å². The fourth-order valence-corrected chi connectivity index (χ4v) is 2.58. The monoisotopic (exact) mass is 237 g/mol. The number of carbonyl (C=O) groups is 1. The lowest BCUT2D eigenvalue weighted by Gasteiger charge is -1.95. The third kappa shape index (κ3) is 2.50. The maximum absolute atomic E-state index is 10.5. The zero-order chi connectivity index (χ0) is 11.7. The highest BCUT2D eigenvalue weighted by atomic mass is 32.1. The molecule has 0 radical (unpaired) electrons. The molecule has 16 heavy (non-hydrogen) atoms. The van der Waals surface area contributed by atoms with Crippen molar-refractivity contribution < 1.29 is 9.90 Å². The molecule has 1 heterocycles. The van der Waals surface area contributed by atoms with Crippen LogP contribution in [0.4, 0.5) is 0 Å². The van der Waals surface area contributed by atoms with Gasteiger partial charge in [-0.15, -0.1) is 11.3 Å². The Labute approximate surface area is 98.8 Å². The molecule has 0 saturated heterocycles. The van der Waals surface area contributed by atoms with E-state index in [1.165, 1.54) is 18.9 Å². The van der Waals surface area contributed by atoms with Crippen LogP contribution in [0.15, 0.2) is 6.08 Å². The molecule has 0 aromatic carbocycles. The van der Waals surface area contributed by atoms with Crippen LogP contribution >= 0.6 is 11.3 Å². The first-order valence-electron chi connectivity index (χ1n) is 5.49. The quantitative estimate of drug-likeness (QED) is 0.818. The molecule has 1 N–H and O–H groups in total. The number of hydrogen-bond donors (Lipinski definition) is 1. The molecule has 86 valence electrons. The molecule has 1 aliphatic rings. The number of hydrogen-bond acceptors (Lipinski definition) is 3. The number of aliphatic carboxylic acids is 1. The molecule has 0 bridgehead atoms. The largest absolute Gasteiger partial charge is 0.478 e. The molecule has 4 heteroatoms. The van der Waals surface area contributed by atoms with Gasteiger partial charge >= 0.3 is 5.97 Å². The number of aromatic nitrogens is 1. The standard InChI is InChI=1S/C12H15NO2S/c1-7(2)12-13-11(8-3-4-8)9(16-12)5-6-10(14)15/h5-8H,3-4H2,1-2H3,(H,14,15)/b6-5+. The molecule has 1 saturated carbocycles. The Balaban J connectivity index is 2.30. The fraction of sp³-hybridized carbons (Fsp3) is 0.500. The smallest absolute Gasteiger partial charge is 0.328 e. The fourth-order valence-electron chi connectivity index (χ4n) is 1.52. The predicted molar refractivity (Wildman–Crippen MR) is 64.8 cm³/mol. The minimum atomic E-state index is -0.902. The topological polar surface area (TPSA) is 50.2 Å². The molecule has 0 aliphatic heterocycles. The van der Waals surface area contributed by atoms with Crippen LogP contribution < -0.4 is 0 Å². The van der Waals surface area contributed by atoms with Crippen molar-refractivity contribution in [1.29, 1.82) is 0 Å². The van der Waals surface area contributed by atoms with Crippen LogP contribution in [0.3, 0.4) is 0 Å². The number of rotatable bonds is 4. The van der Waals surface area contributed by atoms with E-state index in [2.05, 4.69) is 18.8 Å². The molecular formula is C12H15NO2S. The van der Waals surface area contributed by atoms with E-state index in [0.29, 0.717) is 11.8 Å². The van der Waals surface area contributed by atoms with E-state index in [-0.39, 0.29) is 0 Å². The summed E-state index contributed by atoms with van der Waals surface area (Å²) in [6.45, 7) is 4.22. The zero-order valence-electron chi connectivity index (χ0n) is 9.43. The van der Waals surface area contributed by atoms with Crippen molar-refractivity contribution in [1.82, 2.24) is 4.98 Å². The van der Waals surface area contributed by atoms with Gasteiger partial charge in [-0.05, 0) is 18.9 Å². The van der Waals surface area contributed by atoms with Crippen molar-refractivity contribution >= 4 is 23.4 Å². The lowest BCUT2D eigenvalue weighted by molar-refractivity contribution is -0.131.